The Bertz CT molecular complexity index is 716. The van der Waals surface area contributed by atoms with Crippen LogP contribution in [0.3, 0.4) is 0 Å². The molecule has 2 rings (SSSR count). The predicted octanol–water partition coefficient (Wildman–Crippen LogP) is 5.06. The van der Waals surface area contributed by atoms with E-state index >= 15 is 0 Å². The number of hydrogen-bond acceptors (Lipinski definition) is 3. The zero-order chi connectivity index (χ0) is 17.4. The number of rotatable bonds is 8. The highest BCUT2D eigenvalue weighted by Gasteiger charge is 2.14. The van der Waals surface area contributed by atoms with Crippen LogP contribution in [-0.2, 0) is 0 Å². The molecule has 0 spiro atoms. The van der Waals surface area contributed by atoms with Crippen LogP contribution in [0.4, 0.5) is 5.69 Å². The van der Waals surface area contributed by atoms with Crippen molar-refractivity contribution >= 4 is 27.5 Å². The van der Waals surface area contributed by atoms with Crippen LogP contribution in [0.2, 0.25) is 0 Å². The number of amides is 1. The Morgan fingerprint density at radius 3 is 2.83 bits per heavy atom. The highest BCUT2D eigenvalue weighted by Crippen LogP contribution is 2.25. The summed E-state index contributed by atoms with van der Waals surface area (Å²) in [4.78, 5) is 12.6. The normalized spacial score (nSPS) is 10.1. The molecule has 2 aromatic carbocycles. The van der Waals surface area contributed by atoms with Crippen molar-refractivity contribution < 1.29 is 14.3 Å². The largest absolute Gasteiger partial charge is 0.493 e. The van der Waals surface area contributed by atoms with Gasteiger partial charge >= 0.3 is 0 Å². The monoisotopic (exact) mass is 389 g/mol. The van der Waals surface area contributed by atoms with Crippen LogP contribution in [0.15, 0.2) is 59.6 Å². The molecule has 0 fully saturated rings. The maximum absolute atomic E-state index is 12.6. The quantitative estimate of drug-likeness (QED) is 0.642. The molecule has 0 aliphatic carbocycles. The first-order valence-electron chi connectivity index (χ1n) is 7.71. The van der Waals surface area contributed by atoms with Gasteiger partial charge in [-0.3, -0.25) is 4.79 Å². The zero-order valence-corrected chi connectivity index (χ0v) is 15.1. The Kier molecular flexibility index (Phi) is 6.88. The smallest absolute Gasteiger partial charge is 0.259 e. The summed E-state index contributed by atoms with van der Waals surface area (Å²) in [5, 5.41) is 2.87. The molecule has 1 amide bonds. The molecule has 0 aromatic heterocycles. The van der Waals surface area contributed by atoms with Crippen molar-refractivity contribution in [2.45, 2.75) is 13.3 Å². The first-order chi connectivity index (χ1) is 11.6. The maximum Gasteiger partial charge on any atom is 0.259 e. The first-order valence-corrected chi connectivity index (χ1v) is 8.50. The minimum Gasteiger partial charge on any atom is -0.493 e. The SMILES string of the molecule is C=CCOc1cccc(NC(=O)c2cc(Br)ccc2OCCC)c1. The average molecular weight is 390 g/mol. The maximum atomic E-state index is 12.6. The molecule has 24 heavy (non-hydrogen) atoms. The number of anilines is 1. The fourth-order valence-corrected chi connectivity index (χ4v) is 2.40. The summed E-state index contributed by atoms with van der Waals surface area (Å²) in [6, 6.07) is 12.6. The highest BCUT2D eigenvalue weighted by molar-refractivity contribution is 9.10. The third-order valence-electron chi connectivity index (χ3n) is 3.11. The van der Waals surface area contributed by atoms with Crippen molar-refractivity contribution in [3.05, 3.63) is 65.2 Å². The Morgan fingerprint density at radius 2 is 2.08 bits per heavy atom. The van der Waals surface area contributed by atoms with Crippen molar-refractivity contribution in [3.63, 3.8) is 0 Å². The average Bonchev–Trinajstić information content (AvgIpc) is 2.59. The van der Waals surface area contributed by atoms with Crippen LogP contribution >= 0.6 is 15.9 Å². The Labute approximate surface area is 150 Å². The van der Waals surface area contributed by atoms with Crippen LogP contribution in [0.1, 0.15) is 23.7 Å². The van der Waals surface area contributed by atoms with Gasteiger partial charge in [-0.2, -0.15) is 0 Å². The Morgan fingerprint density at radius 1 is 1.25 bits per heavy atom. The van der Waals surface area contributed by atoms with Crippen molar-refractivity contribution in [3.8, 4) is 11.5 Å². The number of halogens is 1. The van der Waals surface area contributed by atoms with Gasteiger partial charge < -0.3 is 14.8 Å². The standard InChI is InChI=1S/C19H20BrNO3/c1-3-10-23-16-7-5-6-15(13-16)21-19(22)17-12-14(20)8-9-18(17)24-11-4-2/h3,5-9,12-13H,1,4,10-11H2,2H3,(H,21,22). The molecule has 2 aromatic rings. The summed E-state index contributed by atoms with van der Waals surface area (Å²) in [5.74, 6) is 1.00. The molecule has 0 unspecified atom stereocenters. The molecule has 5 heteroatoms. The van der Waals surface area contributed by atoms with E-state index in [-0.39, 0.29) is 5.91 Å². The van der Waals surface area contributed by atoms with Crippen LogP contribution in [0.25, 0.3) is 0 Å². The van der Waals surface area contributed by atoms with Crippen LogP contribution in [0.5, 0.6) is 11.5 Å². The predicted molar refractivity (Wildman–Crippen MR) is 100 cm³/mol. The second-order valence-corrected chi connectivity index (χ2v) is 5.99. The molecular formula is C19H20BrNO3. The van der Waals surface area contributed by atoms with E-state index in [1.54, 1.807) is 24.3 Å². The second kappa shape index (κ2) is 9.13. The number of benzene rings is 2. The van der Waals surface area contributed by atoms with Gasteiger partial charge in [0.2, 0.25) is 0 Å². The van der Waals surface area contributed by atoms with E-state index in [1.165, 1.54) is 0 Å². The van der Waals surface area contributed by atoms with E-state index in [2.05, 4.69) is 27.8 Å². The lowest BCUT2D eigenvalue weighted by molar-refractivity contribution is 0.102. The van der Waals surface area contributed by atoms with Gasteiger partial charge in [0.15, 0.2) is 0 Å². The van der Waals surface area contributed by atoms with Gasteiger partial charge in [-0.1, -0.05) is 41.6 Å². The van der Waals surface area contributed by atoms with Crippen molar-refractivity contribution in [1.82, 2.24) is 0 Å². The van der Waals surface area contributed by atoms with Gasteiger partial charge in [-0.25, -0.2) is 0 Å². The number of carbonyl (C=O) groups excluding carboxylic acids is 1. The minimum atomic E-state index is -0.233. The highest BCUT2D eigenvalue weighted by atomic mass is 79.9. The molecule has 0 atom stereocenters. The van der Waals surface area contributed by atoms with Crippen LogP contribution in [-0.4, -0.2) is 19.1 Å². The van der Waals surface area contributed by atoms with E-state index in [0.29, 0.717) is 36.0 Å². The summed E-state index contributed by atoms with van der Waals surface area (Å²) >= 11 is 3.39. The Hall–Kier alpha value is -2.27. The van der Waals surface area contributed by atoms with Crippen molar-refractivity contribution in [2.75, 3.05) is 18.5 Å². The van der Waals surface area contributed by atoms with Crippen LogP contribution < -0.4 is 14.8 Å². The number of carbonyl (C=O) groups is 1. The Balaban J connectivity index is 2.17. The lowest BCUT2D eigenvalue weighted by Crippen LogP contribution is -2.14. The molecule has 0 saturated heterocycles. The van der Waals surface area contributed by atoms with E-state index in [1.807, 2.05) is 31.2 Å². The van der Waals surface area contributed by atoms with E-state index in [4.69, 9.17) is 9.47 Å². The fourth-order valence-electron chi connectivity index (χ4n) is 2.03. The van der Waals surface area contributed by atoms with E-state index < -0.39 is 0 Å². The first kappa shape index (κ1) is 18.1. The third-order valence-corrected chi connectivity index (χ3v) is 3.60. The molecular weight excluding hydrogens is 370 g/mol. The molecule has 0 heterocycles. The number of ether oxygens (including phenoxy) is 2. The van der Waals surface area contributed by atoms with E-state index in [0.717, 1.165) is 10.9 Å². The summed E-state index contributed by atoms with van der Waals surface area (Å²) < 4.78 is 12.0. The van der Waals surface area contributed by atoms with Crippen molar-refractivity contribution in [1.29, 1.82) is 0 Å². The molecule has 0 bridgehead atoms. The van der Waals surface area contributed by atoms with Crippen LogP contribution in [0, 0.1) is 0 Å². The lowest BCUT2D eigenvalue weighted by Gasteiger charge is -2.12. The lowest BCUT2D eigenvalue weighted by atomic mass is 10.2. The molecule has 126 valence electrons. The van der Waals surface area contributed by atoms with Gasteiger partial charge in [0.1, 0.15) is 18.1 Å². The van der Waals surface area contributed by atoms with E-state index in [9.17, 15) is 4.79 Å². The minimum absolute atomic E-state index is 0.233. The summed E-state index contributed by atoms with van der Waals surface area (Å²) in [7, 11) is 0. The summed E-state index contributed by atoms with van der Waals surface area (Å²) in [5.41, 5.74) is 1.14. The molecule has 0 radical (unpaired) electrons. The molecule has 4 nitrogen and oxygen atoms in total. The fraction of sp³-hybridized carbons (Fsp3) is 0.211. The number of nitrogens with one attached hydrogen (secondary N) is 1. The third kappa shape index (κ3) is 5.13. The van der Waals surface area contributed by atoms with Gasteiger partial charge in [0.05, 0.1) is 12.2 Å². The summed E-state index contributed by atoms with van der Waals surface area (Å²) in [6.07, 6.45) is 2.55. The second-order valence-electron chi connectivity index (χ2n) is 5.07. The molecule has 0 aliphatic rings. The summed E-state index contributed by atoms with van der Waals surface area (Å²) in [6.45, 7) is 6.61. The van der Waals surface area contributed by atoms with Gasteiger partial charge in [0.25, 0.3) is 5.91 Å². The topological polar surface area (TPSA) is 47.6 Å². The number of hydrogen-bond donors (Lipinski definition) is 1. The molecule has 1 N–H and O–H groups in total. The van der Waals surface area contributed by atoms with Gasteiger partial charge in [0, 0.05) is 16.2 Å². The van der Waals surface area contributed by atoms with Crippen molar-refractivity contribution in [2.24, 2.45) is 0 Å². The zero-order valence-electron chi connectivity index (χ0n) is 13.5. The van der Waals surface area contributed by atoms with Gasteiger partial charge in [-0.15, -0.1) is 0 Å². The molecule has 0 aliphatic heterocycles. The van der Waals surface area contributed by atoms with Gasteiger partial charge in [-0.05, 0) is 36.8 Å². The molecule has 0 saturated carbocycles.